The molecule has 0 spiro atoms. The van der Waals surface area contributed by atoms with Crippen molar-refractivity contribution in [1.29, 1.82) is 0 Å². The second-order valence-corrected chi connectivity index (χ2v) is 8.09. The molecule has 0 radical (unpaired) electrons. The van der Waals surface area contributed by atoms with Crippen molar-refractivity contribution in [3.05, 3.63) is 71.9 Å². The van der Waals surface area contributed by atoms with E-state index < -0.39 is 17.2 Å². The highest BCUT2D eigenvalue weighted by atomic mass is 19.4. The van der Waals surface area contributed by atoms with E-state index in [-0.39, 0.29) is 11.4 Å². The lowest BCUT2D eigenvalue weighted by Crippen LogP contribution is -2.40. The van der Waals surface area contributed by atoms with Crippen LogP contribution in [0.5, 0.6) is 0 Å². The summed E-state index contributed by atoms with van der Waals surface area (Å²) in [6, 6.07) is 15.1. The molecule has 6 heteroatoms. The first kappa shape index (κ1) is 20.4. The minimum absolute atomic E-state index is 0.0425. The zero-order valence-electron chi connectivity index (χ0n) is 16.5. The number of nitrogens with one attached hydrogen (secondary N) is 1. The first-order valence-electron chi connectivity index (χ1n) is 10.2. The lowest BCUT2D eigenvalue weighted by Gasteiger charge is -2.36. The summed E-state index contributed by atoms with van der Waals surface area (Å²) in [6.07, 6.45) is 2.49. The summed E-state index contributed by atoms with van der Waals surface area (Å²) in [7, 11) is 0. The molecule has 0 saturated heterocycles. The van der Waals surface area contributed by atoms with E-state index in [0.717, 1.165) is 49.8 Å². The second kappa shape index (κ2) is 8.09. The normalized spacial score (nSPS) is 16.4. The zero-order valence-corrected chi connectivity index (χ0v) is 16.5. The van der Waals surface area contributed by atoms with Crippen LogP contribution in [0.4, 0.5) is 18.9 Å². The first-order valence-corrected chi connectivity index (χ1v) is 10.2. The van der Waals surface area contributed by atoms with Gasteiger partial charge in [-0.1, -0.05) is 55.7 Å². The van der Waals surface area contributed by atoms with Crippen molar-refractivity contribution in [2.45, 2.75) is 44.7 Å². The Morgan fingerprint density at radius 2 is 1.73 bits per heavy atom. The van der Waals surface area contributed by atoms with E-state index in [9.17, 15) is 18.0 Å². The fraction of sp³-hybridized carbons (Fsp3) is 0.333. The minimum Gasteiger partial charge on any atom is -0.324 e. The van der Waals surface area contributed by atoms with Crippen LogP contribution in [0.15, 0.2) is 60.8 Å². The summed E-state index contributed by atoms with van der Waals surface area (Å²) < 4.78 is 38.7. The Morgan fingerprint density at radius 1 is 1.00 bits per heavy atom. The fourth-order valence-corrected chi connectivity index (χ4v) is 4.33. The molecule has 1 saturated carbocycles. The van der Waals surface area contributed by atoms with Crippen LogP contribution >= 0.6 is 0 Å². The number of benzene rings is 2. The predicted octanol–water partition coefficient (Wildman–Crippen LogP) is 6.39. The van der Waals surface area contributed by atoms with Crippen LogP contribution in [-0.4, -0.2) is 10.9 Å². The first-order chi connectivity index (χ1) is 14.4. The number of rotatable bonds is 4. The molecule has 0 atom stereocenters. The summed E-state index contributed by atoms with van der Waals surface area (Å²) in [5.41, 5.74) is 0.674. The van der Waals surface area contributed by atoms with Crippen LogP contribution in [-0.2, 0) is 17.4 Å². The molecule has 1 aliphatic carbocycles. The quantitative estimate of drug-likeness (QED) is 0.540. The summed E-state index contributed by atoms with van der Waals surface area (Å²) in [5.74, 6) is -0.0425. The number of alkyl halides is 3. The van der Waals surface area contributed by atoms with Gasteiger partial charge in [0.1, 0.15) is 0 Å². The van der Waals surface area contributed by atoms with Crippen molar-refractivity contribution in [3.8, 4) is 0 Å². The minimum atomic E-state index is -4.41. The van der Waals surface area contributed by atoms with Gasteiger partial charge in [0.2, 0.25) is 5.91 Å². The molecule has 3 aromatic rings. The highest BCUT2D eigenvalue weighted by Gasteiger charge is 2.39. The summed E-state index contributed by atoms with van der Waals surface area (Å²) in [4.78, 5) is 17.5. The van der Waals surface area contributed by atoms with E-state index in [2.05, 4.69) is 10.3 Å². The van der Waals surface area contributed by atoms with Crippen LogP contribution < -0.4 is 5.32 Å². The average molecular weight is 412 g/mol. The molecule has 0 bridgehead atoms. The average Bonchev–Trinajstić information content (AvgIpc) is 2.74. The molecule has 1 amide bonds. The Kier molecular flexibility index (Phi) is 5.50. The molecule has 30 heavy (non-hydrogen) atoms. The molecule has 4 rings (SSSR count). The molecular weight excluding hydrogens is 389 g/mol. The number of fused-ring (bicyclic) bond motifs is 1. The lowest BCUT2D eigenvalue weighted by molar-refractivity contribution is -0.137. The van der Waals surface area contributed by atoms with Crippen molar-refractivity contribution in [3.63, 3.8) is 0 Å². The van der Waals surface area contributed by atoms with E-state index >= 15 is 0 Å². The maximum absolute atomic E-state index is 13.3. The van der Waals surface area contributed by atoms with Gasteiger partial charge in [0, 0.05) is 5.39 Å². The molecule has 1 fully saturated rings. The molecule has 1 N–H and O–H groups in total. The van der Waals surface area contributed by atoms with E-state index in [1.54, 1.807) is 6.07 Å². The molecule has 2 aromatic carbocycles. The van der Waals surface area contributed by atoms with Gasteiger partial charge >= 0.3 is 6.18 Å². The third kappa shape index (κ3) is 4.32. The van der Waals surface area contributed by atoms with Gasteiger partial charge in [0.15, 0.2) is 0 Å². The molecule has 156 valence electrons. The number of aromatic nitrogens is 1. The molecule has 3 nitrogen and oxygen atoms in total. The topological polar surface area (TPSA) is 42.0 Å². The van der Waals surface area contributed by atoms with Gasteiger partial charge in [-0.3, -0.25) is 9.78 Å². The van der Waals surface area contributed by atoms with Gasteiger partial charge in [-0.2, -0.15) is 13.2 Å². The van der Waals surface area contributed by atoms with E-state index in [0.29, 0.717) is 17.5 Å². The number of carbonyl (C=O) groups excluding carboxylic acids is 1. The van der Waals surface area contributed by atoms with Gasteiger partial charge < -0.3 is 5.32 Å². The zero-order chi connectivity index (χ0) is 21.2. The number of anilines is 1. The van der Waals surface area contributed by atoms with Crippen LogP contribution in [0.25, 0.3) is 10.9 Å². The lowest BCUT2D eigenvalue weighted by atomic mass is 9.69. The summed E-state index contributed by atoms with van der Waals surface area (Å²) in [5, 5.41) is 3.54. The highest BCUT2D eigenvalue weighted by Crippen LogP contribution is 2.40. The fourth-order valence-electron chi connectivity index (χ4n) is 4.33. The number of amides is 1. The molecule has 0 aliphatic heterocycles. The number of halogens is 3. The van der Waals surface area contributed by atoms with Gasteiger partial charge in [-0.15, -0.1) is 0 Å². The Balaban J connectivity index is 1.58. The number of hydrogen-bond donors (Lipinski definition) is 1. The van der Waals surface area contributed by atoms with Gasteiger partial charge in [0.05, 0.1) is 28.4 Å². The van der Waals surface area contributed by atoms with E-state index in [1.807, 2.05) is 30.3 Å². The van der Waals surface area contributed by atoms with E-state index in [4.69, 9.17) is 0 Å². The largest absolute Gasteiger partial charge is 0.416 e. The smallest absolute Gasteiger partial charge is 0.324 e. The second-order valence-electron chi connectivity index (χ2n) is 8.09. The molecular formula is C24H23F3N2O. The Hall–Kier alpha value is -2.89. The monoisotopic (exact) mass is 412 g/mol. The van der Waals surface area contributed by atoms with Gasteiger partial charge in [0.25, 0.3) is 0 Å². The standard InChI is InChI=1S/C24H23F3N2O/c25-24(26,27)19-10-9-18-13-20(16-28-21(18)14-19)29-22(30)23(11-5-2-6-12-23)15-17-7-3-1-4-8-17/h1,3-4,7-10,13-14,16H,2,5-6,11-12,15H2,(H,29,30). The Bertz CT molecular complexity index is 1040. The maximum Gasteiger partial charge on any atom is 0.416 e. The molecule has 1 aromatic heterocycles. The highest BCUT2D eigenvalue weighted by molar-refractivity contribution is 5.97. The molecule has 0 unspecified atom stereocenters. The van der Waals surface area contributed by atoms with Crippen LogP contribution in [0.3, 0.4) is 0 Å². The Labute approximate surface area is 173 Å². The van der Waals surface area contributed by atoms with Crippen molar-refractivity contribution >= 4 is 22.5 Å². The van der Waals surface area contributed by atoms with Gasteiger partial charge in [-0.25, -0.2) is 0 Å². The van der Waals surface area contributed by atoms with Crippen molar-refractivity contribution < 1.29 is 18.0 Å². The van der Waals surface area contributed by atoms with Crippen LogP contribution in [0.1, 0.15) is 43.2 Å². The molecule has 1 aliphatic rings. The number of nitrogens with zero attached hydrogens (tertiary/aromatic N) is 1. The summed E-state index contributed by atoms with van der Waals surface area (Å²) in [6.45, 7) is 0. The van der Waals surface area contributed by atoms with Crippen molar-refractivity contribution in [1.82, 2.24) is 4.98 Å². The predicted molar refractivity (Wildman–Crippen MR) is 111 cm³/mol. The number of carbonyl (C=O) groups is 1. The third-order valence-electron chi connectivity index (χ3n) is 5.95. The third-order valence-corrected chi connectivity index (χ3v) is 5.95. The van der Waals surface area contributed by atoms with Crippen LogP contribution in [0, 0.1) is 5.41 Å². The van der Waals surface area contributed by atoms with Gasteiger partial charge in [-0.05, 0) is 43.0 Å². The summed E-state index contributed by atoms with van der Waals surface area (Å²) >= 11 is 0. The SMILES string of the molecule is O=C(Nc1cnc2cc(C(F)(F)F)ccc2c1)C1(Cc2ccccc2)CCCCC1. The van der Waals surface area contributed by atoms with Crippen LogP contribution in [0.2, 0.25) is 0 Å². The van der Waals surface area contributed by atoms with Crippen molar-refractivity contribution in [2.75, 3.05) is 5.32 Å². The van der Waals surface area contributed by atoms with E-state index in [1.165, 1.54) is 12.3 Å². The number of hydrogen-bond acceptors (Lipinski definition) is 2. The maximum atomic E-state index is 13.3. The van der Waals surface area contributed by atoms with Crippen molar-refractivity contribution in [2.24, 2.45) is 5.41 Å². The Morgan fingerprint density at radius 3 is 2.43 bits per heavy atom. The molecule has 1 heterocycles. The number of pyridine rings is 1.